The number of carbonyl (C=O) groups is 1. The van der Waals surface area contributed by atoms with E-state index in [-0.39, 0.29) is 17.9 Å². The Hall–Kier alpha value is -2.02. The number of rotatable bonds is 3. The molecule has 1 amide bonds. The molecule has 1 fully saturated rings. The monoisotopic (exact) mass is 379 g/mol. The lowest BCUT2D eigenvalue weighted by molar-refractivity contribution is 0.0512. The Balaban J connectivity index is 1.70. The van der Waals surface area contributed by atoms with Crippen molar-refractivity contribution in [3.05, 3.63) is 52.6 Å². The standard InChI is InChI=1S/C16H15BrFN3O2/c17-12-5-1-7-19-14(12)16(22)21-9-3-4-11(10-21)23-15-13(18)6-2-8-20-15/h1-2,5-8,11H,3-4,9-10H2. The van der Waals surface area contributed by atoms with E-state index in [1.54, 1.807) is 23.2 Å². The molecule has 2 aromatic heterocycles. The molecule has 23 heavy (non-hydrogen) atoms. The van der Waals surface area contributed by atoms with E-state index >= 15 is 0 Å². The van der Waals surface area contributed by atoms with Crippen molar-refractivity contribution in [1.82, 2.24) is 14.9 Å². The molecular weight excluding hydrogens is 365 g/mol. The number of nitrogens with zero attached hydrogens (tertiary/aromatic N) is 3. The first-order valence-corrected chi connectivity index (χ1v) is 8.11. The third-order valence-electron chi connectivity index (χ3n) is 3.63. The van der Waals surface area contributed by atoms with Crippen molar-refractivity contribution in [3.8, 4) is 5.88 Å². The van der Waals surface area contributed by atoms with Crippen molar-refractivity contribution in [2.24, 2.45) is 0 Å². The molecule has 3 heterocycles. The number of halogens is 2. The highest BCUT2D eigenvalue weighted by molar-refractivity contribution is 9.10. The van der Waals surface area contributed by atoms with Gasteiger partial charge < -0.3 is 9.64 Å². The molecule has 0 radical (unpaired) electrons. The lowest BCUT2D eigenvalue weighted by atomic mass is 10.1. The molecule has 1 atom stereocenters. The summed E-state index contributed by atoms with van der Waals surface area (Å²) >= 11 is 3.34. The molecule has 1 unspecified atom stereocenters. The van der Waals surface area contributed by atoms with Gasteiger partial charge in [-0.05, 0) is 53.0 Å². The zero-order chi connectivity index (χ0) is 16.2. The molecule has 1 saturated heterocycles. The van der Waals surface area contributed by atoms with Crippen LogP contribution in [0.2, 0.25) is 0 Å². The van der Waals surface area contributed by atoms with E-state index in [1.807, 2.05) is 0 Å². The van der Waals surface area contributed by atoms with Gasteiger partial charge in [-0.15, -0.1) is 0 Å². The van der Waals surface area contributed by atoms with Gasteiger partial charge in [0, 0.05) is 23.4 Å². The van der Waals surface area contributed by atoms with Crippen LogP contribution in [-0.4, -0.2) is 40.0 Å². The number of likely N-dealkylation sites (tertiary alicyclic amines) is 1. The highest BCUT2D eigenvalue weighted by atomic mass is 79.9. The Labute approximate surface area is 141 Å². The third kappa shape index (κ3) is 3.67. The number of aromatic nitrogens is 2. The van der Waals surface area contributed by atoms with Gasteiger partial charge in [0.1, 0.15) is 11.8 Å². The van der Waals surface area contributed by atoms with Crippen molar-refractivity contribution in [2.45, 2.75) is 18.9 Å². The van der Waals surface area contributed by atoms with Gasteiger partial charge in [0.15, 0.2) is 5.82 Å². The first-order chi connectivity index (χ1) is 11.1. The van der Waals surface area contributed by atoms with Crippen LogP contribution in [0.25, 0.3) is 0 Å². The van der Waals surface area contributed by atoms with E-state index in [4.69, 9.17) is 4.74 Å². The summed E-state index contributed by atoms with van der Waals surface area (Å²) in [6.45, 7) is 1.02. The van der Waals surface area contributed by atoms with E-state index in [0.717, 1.165) is 12.8 Å². The van der Waals surface area contributed by atoms with Crippen molar-refractivity contribution in [2.75, 3.05) is 13.1 Å². The van der Waals surface area contributed by atoms with Gasteiger partial charge in [0.25, 0.3) is 11.8 Å². The Morgan fingerprint density at radius 1 is 1.30 bits per heavy atom. The van der Waals surface area contributed by atoms with Gasteiger partial charge in [0.05, 0.1) is 6.54 Å². The van der Waals surface area contributed by atoms with Crippen LogP contribution in [-0.2, 0) is 0 Å². The van der Waals surface area contributed by atoms with Gasteiger partial charge in [-0.1, -0.05) is 0 Å². The Morgan fingerprint density at radius 2 is 2.09 bits per heavy atom. The maximum Gasteiger partial charge on any atom is 0.273 e. The first-order valence-electron chi connectivity index (χ1n) is 7.32. The number of amides is 1. The van der Waals surface area contributed by atoms with Crippen LogP contribution in [0.3, 0.4) is 0 Å². The quantitative estimate of drug-likeness (QED) is 0.822. The highest BCUT2D eigenvalue weighted by Gasteiger charge is 2.28. The van der Waals surface area contributed by atoms with E-state index in [9.17, 15) is 9.18 Å². The molecule has 3 rings (SSSR count). The largest absolute Gasteiger partial charge is 0.470 e. The van der Waals surface area contributed by atoms with Crippen LogP contribution in [0.1, 0.15) is 23.3 Å². The van der Waals surface area contributed by atoms with Crippen molar-refractivity contribution in [3.63, 3.8) is 0 Å². The van der Waals surface area contributed by atoms with Gasteiger partial charge in [-0.25, -0.2) is 14.4 Å². The molecule has 0 aliphatic carbocycles. The second kappa shape index (κ2) is 7.04. The fourth-order valence-corrected chi connectivity index (χ4v) is 2.95. The number of carbonyl (C=O) groups excluding carboxylic acids is 1. The van der Waals surface area contributed by atoms with Gasteiger partial charge >= 0.3 is 0 Å². The summed E-state index contributed by atoms with van der Waals surface area (Å²) < 4.78 is 19.9. The predicted octanol–water partition coefficient (Wildman–Crippen LogP) is 3.06. The van der Waals surface area contributed by atoms with Crippen molar-refractivity contribution >= 4 is 21.8 Å². The molecule has 2 aromatic rings. The minimum atomic E-state index is -0.497. The minimum Gasteiger partial charge on any atom is -0.470 e. The predicted molar refractivity (Wildman–Crippen MR) is 85.7 cm³/mol. The second-order valence-electron chi connectivity index (χ2n) is 5.26. The summed E-state index contributed by atoms with van der Waals surface area (Å²) in [5, 5.41) is 0. The van der Waals surface area contributed by atoms with Gasteiger partial charge in [-0.3, -0.25) is 4.79 Å². The van der Waals surface area contributed by atoms with E-state index in [1.165, 1.54) is 18.3 Å². The minimum absolute atomic E-state index is 0.0224. The Kier molecular flexibility index (Phi) is 4.85. The summed E-state index contributed by atoms with van der Waals surface area (Å²) in [4.78, 5) is 22.3. The van der Waals surface area contributed by atoms with Crippen LogP contribution >= 0.6 is 15.9 Å². The number of ether oxygens (including phenoxy) is 1. The third-order valence-corrected chi connectivity index (χ3v) is 4.27. The average molecular weight is 380 g/mol. The first kappa shape index (κ1) is 15.9. The molecular formula is C16H15BrFN3O2. The topological polar surface area (TPSA) is 55.3 Å². The fraction of sp³-hybridized carbons (Fsp3) is 0.312. The molecule has 0 aromatic carbocycles. The van der Waals surface area contributed by atoms with Crippen LogP contribution in [0.4, 0.5) is 4.39 Å². The molecule has 0 bridgehead atoms. The molecule has 120 valence electrons. The Morgan fingerprint density at radius 3 is 2.87 bits per heavy atom. The summed E-state index contributed by atoms with van der Waals surface area (Å²) in [6.07, 6.45) is 4.33. The highest BCUT2D eigenvalue weighted by Crippen LogP contribution is 2.22. The van der Waals surface area contributed by atoms with Crippen LogP contribution in [0.15, 0.2) is 41.1 Å². The van der Waals surface area contributed by atoms with Crippen LogP contribution < -0.4 is 4.74 Å². The molecule has 1 aliphatic rings. The number of hydrogen-bond acceptors (Lipinski definition) is 4. The molecule has 0 spiro atoms. The molecule has 1 aliphatic heterocycles. The smallest absolute Gasteiger partial charge is 0.273 e. The van der Waals surface area contributed by atoms with Crippen molar-refractivity contribution < 1.29 is 13.9 Å². The van der Waals surface area contributed by atoms with Gasteiger partial charge in [-0.2, -0.15) is 0 Å². The zero-order valence-electron chi connectivity index (χ0n) is 12.3. The van der Waals surface area contributed by atoms with Crippen LogP contribution in [0, 0.1) is 5.82 Å². The number of pyridine rings is 2. The van der Waals surface area contributed by atoms with Gasteiger partial charge in [0.2, 0.25) is 0 Å². The zero-order valence-corrected chi connectivity index (χ0v) is 13.9. The lowest BCUT2D eigenvalue weighted by Crippen LogP contribution is -2.44. The molecule has 7 heteroatoms. The fourth-order valence-electron chi connectivity index (χ4n) is 2.53. The number of piperidine rings is 1. The van der Waals surface area contributed by atoms with Crippen LogP contribution in [0.5, 0.6) is 5.88 Å². The second-order valence-corrected chi connectivity index (χ2v) is 6.11. The molecule has 0 saturated carbocycles. The maximum absolute atomic E-state index is 13.6. The molecule has 5 nitrogen and oxygen atoms in total. The normalized spacial score (nSPS) is 17.8. The lowest BCUT2D eigenvalue weighted by Gasteiger charge is -2.32. The molecule has 0 N–H and O–H groups in total. The average Bonchev–Trinajstić information content (AvgIpc) is 2.57. The van der Waals surface area contributed by atoms with E-state index in [2.05, 4.69) is 25.9 Å². The maximum atomic E-state index is 13.6. The van der Waals surface area contributed by atoms with E-state index in [0.29, 0.717) is 23.3 Å². The number of hydrogen-bond donors (Lipinski definition) is 0. The summed E-state index contributed by atoms with van der Waals surface area (Å²) in [5.74, 6) is -0.679. The van der Waals surface area contributed by atoms with E-state index < -0.39 is 5.82 Å². The summed E-state index contributed by atoms with van der Waals surface area (Å²) in [5.41, 5.74) is 0.372. The Bertz CT molecular complexity index is 713. The SMILES string of the molecule is O=C(c1ncccc1Br)N1CCCC(Oc2ncccc2F)C1. The summed E-state index contributed by atoms with van der Waals surface area (Å²) in [7, 11) is 0. The summed E-state index contributed by atoms with van der Waals surface area (Å²) in [6, 6.07) is 6.35. The van der Waals surface area contributed by atoms with Crippen molar-refractivity contribution in [1.29, 1.82) is 0 Å².